The Morgan fingerprint density at radius 3 is 2.45 bits per heavy atom. The zero-order valence-corrected chi connectivity index (χ0v) is 13.0. The van der Waals surface area contributed by atoms with Crippen LogP contribution in [0.2, 0.25) is 0 Å². The lowest BCUT2D eigenvalue weighted by Crippen LogP contribution is -2.50. The summed E-state index contributed by atoms with van der Waals surface area (Å²) in [6.07, 6.45) is 4.04. The Kier molecular flexibility index (Phi) is 5.84. The Morgan fingerprint density at radius 1 is 1.30 bits per heavy atom. The zero-order chi connectivity index (χ0) is 15.3. The van der Waals surface area contributed by atoms with Crippen molar-refractivity contribution in [1.82, 2.24) is 4.90 Å². The van der Waals surface area contributed by atoms with Gasteiger partial charge in [-0.2, -0.15) is 0 Å². The van der Waals surface area contributed by atoms with Gasteiger partial charge >= 0.3 is 12.1 Å². The van der Waals surface area contributed by atoms with Gasteiger partial charge in [-0.25, -0.2) is 4.79 Å². The first-order valence-electron chi connectivity index (χ1n) is 7.47. The van der Waals surface area contributed by atoms with E-state index in [1.54, 1.807) is 4.90 Å². The number of ether oxygens (including phenoxy) is 1. The molecule has 1 saturated heterocycles. The highest BCUT2D eigenvalue weighted by Crippen LogP contribution is 2.27. The number of carboxylic acid groups (broad SMARTS) is 1. The first-order chi connectivity index (χ1) is 9.24. The van der Waals surface area contributed by atoms with Crippen molar-refractivity contribution in [3.05, 3.63) is 0 Å². The number of rotatable bonds is 4. The monoisotopic (exact) mass is 285 g/mol. The number of likely N-dealkylation sites (tertiary alicyclic amines) is 1. The van der Waals surface area contributed by atoms with E-state index in [-0.39, 0.29) is 18.7 Å². The molecule has 1 N–H and O–H groups in total. The zero-order valence-electron chi connectivity index (χ0n) is 13.0. The molecule has 1 fully saturated rings. The Morgan fingerprint density at radius 2 is 1.95 bits per heavy atom. The Hall–Kier alpha value is -1.26. The molecule has 0 aromatic heterocycles. The van der Waals surface area contributed by atoms with Crippen LogP contribution in [0.15, 0.2) is 0 Å². The van der Waals surface area contributed by atoms with Crippen LogP contribution in [0.1, 0.15) is 59.8 Å². The summed E-state index contributed by atoms with van der Waals surface area (Å²) in [6, 6.07) is 0.111. The summed E-state index contributed by atoms with van der Waals surface area (Å²) in [7, 11) is 0. The standard InChI is InChI=1S/C15H27NO4/c1-5-6-7-12-9-8-11(13(17)18)10-16(12)14(19)20-15(2,3)4/h11-12H,5-10H2,1-4H3,(H,17,18). The van der Waals surface area contributed by atoms with Crippen LogP contribution in [0, 0.1) is 5.92 Å². The normalized spacial score (nSPS) is 23.5. The fraction of sp³-hybridized carbons (Fsp3) is 0.867. The van der Waals surface area contributed by atoms with Crippen LogP contribution >= 0.6 is 0 Å². The van der Waals surface area contributed by atoms with Gasteiger partial charge in [0.2, 0.25) is 0 Å². The number of carbonyl (C=O) groups excluding carboxylic acids is 1. The van der Waals surface area contributed by atoms with Crippen LogP contribution in [-0.4, -0.2) is 40.3 Å². The van der Waals surface area contributed by atoms with Gasteiger partial charge in [-0.15, -0.1) is 0 Å². The van der Waals surface area contributed by atoms with Crippen molar-refractivity contribution in [3.8, 4) is 0 Å². The number of piperidine rings is 1. The third-order valence-corrected chi connectivity index (χ3v) is 3.57. The van der Waals surface area contributed by atoms with Crippen molar-refractivity contribution in [2.24, 2.45) is 5.92 Å². The van der Waals surface area contributed by atoms with Gasteiger partial charge in [0, 0.05) is 12.6 Å². The third kappa shape index (κ3) is 5.02. The highest BCUT2D eigenvalue weighted by Gasteiger charge is 2.36. The van der Waals surface area contributed by atoms with Crippen molar-refractivity contribution < 1.29 is 19.4 Å². The van der Waals surface area contributed by atoms with Crippen LogP contribution in [0.25, 0.3) is 0 Å². The van der Waals surface area contributed by atoms with E-state index in [2.05, 4.69) is 6.92 Å². The fourth-order valence-electron chi connectivity index (χ4n) is 2.51. The predicted octanol–water partition coefficient (Wildman–Crippen LogP) is 3.28. The van der Waals surface area contributed by atoms with Crippen LogP contribution in [0.4, 0.5) is 4.79 Å². The maximum absolute atomic E-state index is 12.3. The van der Waals surface area contributed by atoms with Gasteiger partial charge in [-0.3, -0.25) is 4.79 Å². The van der Waals surface area contributed by atoms with Crippen molar-refractivity contribution in [3.63, 3.8) is 0 Å². The van der Waals surface area contributed by atoms with Crippen molar-refractivity contribution >= 4 is 12.1 Å². The van der Waals surface area contributed by atoms with E-state index in [9.17, 15) is 9.59 Å². The second-order valence-electron chi connectivity index (χ2n) is 6.54. The summed E-state index contributed by atoms with van der Waals surface area (Å²) < 4.78 is 5.41. The summed E-state index contributed by atoms with van der Waals surface area (Å²) in [6.45, 7) is 7.85. The molecule has 0 spiro atoms. The minimum absolute atomic E-state index is 0.111. The lowest BCUT2D eigenvalue weighted by molar-refractivity contribution is -0.144. The summed E-state index contributed by atoms with van der Waals surface area (Å²) in [5.74, 6) is -1.30. The minimum atomic E-state index is -0.826. The third-order valence-electron chi connectivity index (χ3n) is 3.57. The van der Waals surface area contributed by atoms with Crippen LogP contribution in [0.3, 0.4) is 0 Å². The largest absolute Gasteiger partial charge is 0.481 e. The van der Waals surface area contributed by atoms with Crippen LogP contribution < -0.4 is 0 Å². The molecule has 0 bridgehead atoms. The molecule has 1 amide bonds. The van der Waals surface area contributed by atoms with Crippen LogP contribution in [-0.2, 0) is 9.53 Å². The Balaban J connectivity index is 2.75. The molecule has 0 aliphatic carbocycles. The van der Waals surface area contributed by atoms with Gasteiger partial charge in [0.25, 0.3) is 0 Å². The van der Waals surface area contributed by atoms with Crippen molar-refractivity contribution in [1.29, 1.82) is 0 Å². The topological polar surface area (TPSA) is 66.8 Å². The Bertz CT molecular complexity index is 348. The molecule has 0 aromatic rings. The van der Waals surface area contributed by atoms with E-state index in [4.69, 9.17) is 9.84 Å². The predicted molar refractivity (Wildman–Crippen MR) is 76.6 cm³/mol. The van der Waals surface area contributed by atoms with Crippen LogP contribution in [0.5, 0.6) is 0 Å². The molecule has 2 unspecified atom stereocenters. The molecule has 1 heterocycles. The molecule has 1 rings (SSSR count). The maximum Gasteiger partial charge on any atom is 0.410 e. The lowest BCUT2D eigenvalue weighted by Gasteiger charge is -2.39. The molecule has 0 radical (unpaired) electrons. The molecule has 0 saturated carbocycles. The second-order valence-corrected chi connectivity index (χ2v) is 6.54. The quantitative estimate of drug-likeness (QED) is 0.860. The summed E-state index contributed by atoms with van der Waals surface area (Å²) in [5, 5.41) is 9.15. The van der Waals surface area contributed by atoms with Gasteiger partial charge in [-0.1, -0.05) is 19.8 Å². The summed E-state index contributed by atoms with van der Waals surface area (Å²) >= 11 is 0. The maximum atomic E-state index is 12.3. The van der Waals surface area contributed by atoms with E-state index in [1.165, 1.54) is 0 Å². The average Bonchev–Trinajstić information content (AvgIpc) is 2.33. The first-order valence-corrected chi connectivity index (χ1v) is 7.47. The van der Waals surface area contributed by atoms with Gasteiger partial charge in [0.05, 0.1) is 5.92 Å². The molecular formula is C15H27NO4. The first kappa shape index (κ1) is 16.8. The number of hydrogen-bond donors (Lipinski definition) is 1. The van der Waals surface area contributed by atoms with E-state index < -0.39 is 17.5 Å². The number of carboxylic acids is 1. The number of hydrogen-bond acceptors (Lipinski definition) is 3. The molecule has 1 aliphatic rings. The number of nitrogens with zero attached hydrogens (tertiary/aromatic N) is 1. The average molecular weight is 285 g/mol. The number of aliphatic carboxylic acids is 1. The molecule has 2 atom stereocenters. The number of amides is 1. The van der Waals surface area contributed by atoms with Gasteiger partial charge in [0.1, 0.15) is 5.60 Å². The SMILES string of the molecule is CCCCC1CCC(C(=O)O)CN1C(=O)OC(C)(C)C. The molecule has 20 heavy (non-hydrogen) atoms. The number of carbonyl (C=O) groups is 2. The summed E-state index contributed by atoms with van der Waals surface area (Å²) in [4.78, 5) is 25.0. The van der Waals surface area contributed by atoms with E-state index in [0.717, 1.165) is 25.7 Å². The molecule has 1 aliphatic heterocycles. The minimum Gasteiger partial charge on any atom is -0.481 e. The molecular weight excluding hydrogens is 258 g/mol. The van der Waals surface area contributed by atoms with Gasteiger partial charge in [-0.05, 0) is 40.0 Å². The summed E-state index contributed by atoms with van der Waals surface area (Å²) in [5.41, 5.74) is -0.553. The molecule has 5 nitrogen and oxygen atoms in total. The highest BCUT2D eigenvalue weighted by molar-refractivity contribution is 5.73. The second kappa shape index (κ2) is 6.95. The highest BCUT2D eigenvalue weighted by atomic mass is 16.6. The van der Waals surface area contributed by atoms with E-state index in [0.29, 0.717) is 6.42 Å². The molecule has 0 aromatic carbocycles. The van der Waals surface area contributed by atoms with Crippen molar-refractivity contribution in [2.75, 3.05) is 6.54 Å². The van der Waals surface area contributed by atoms with E-state index >= 15 is 0 Å². The fourth-order valence-corrected chi connectivity index (χ4v) is 2.51. The molecule has 5 heteroatoms. The van der Waals surface area contributed by atoms with Crippen molar-refractivity contribution in [2.45, 2.75) is 71.4 Å². The van der Waals surface area contributed by atoms with E-state index in [1.807, 2.05) is 20.8 Å². The van der Waals surface area contributed by atoms with Gasteiger partial charge in [0.15, 0.2) is 0 Å². The number of unbranched alkanes of at least 4 members (excludes halogenated alkanes) is 1. The van der Waals surface area contributed by atoms with Gasteiger partial charge < -0.3 is 14.7 Å². The molecule has 116 valence electrons. The Labute approximate surface area is 121 Å². The smallest absolute Gasteiger partial charge is 0.410 e. The lowest BCUT2D eigenvalue weighted by atomic mass is 9.90.